The lowest BCUT2D eigenvalue weighted by Crippen LogP contribution is -2.19. The highest BCUT2D eigenvalue weighted by atomic mass is 32.1. The Morgan fingerprint density at radius 3 is 3.04 bits per heavy atom. The maximum absolute atomic E-state index is 12.7. The second kappa shape index (κ2) is 7.73. The molecule has 1 atom stereocenters. The predicted molar refractivity (Wildman–Crippen MR) is 108 cm³/mol. The van der Waals surface area contributed by atoms with Crippen molar-refractivity contribution in [2.75, 3.05) is 19.0 Å². The van der Waals surface area contributed by atoms with Crippen molar-refractivity contribution in [2.24, 2.45) is 7.05 Å². The summed E-state index contributed by atoms with van der Waals surface area (Å²) in [4.78, 5) is 18.2. The van der Waals surface area contributed by atoms with E-state index in [9.17, 15) is 4.79 Å². The number of rotatable bonds is 5. The normalized spacial score (nSPS) is 15.8. The van der Waals surface area contributed by atoms with Gasteiger partial charge >= 0.3 is 0 Å². The highest BCUT2D eigenvalue weighted by Gasteiger charge is 2.24. The van der Waals surface area contributed by atoms with E-state index in [4.69, 9.17) is 9.47 Å². The zero-order valence-electron chi connectivity index (χ0n) is 16.1. The fourth-order valence-electron chi connectivity index (χ4n) is 3.31. The molecule has 0 bridgehead atoms. The van der Waals surface area contributed by atoms with E-state index in [1.54, 1.807) is 11.8 Å². The molecule has 1 unspecified atom stereocenters. The molecule has 3 heterocycles. The zero-order valence-corrected chi connectivity index (χ0v) is 16.9. The second-order valence-corrected chi connectivity index (χ2v) is 7.80. The topological polar surface area (TPSA) is 78.3 Å². The first-order valence-electron chi connectivity index (χ1n) is 9.10. The summed E-state index contributed by atoms with van der Waals surface area (Å²) >= 11 is 1.50. The van der Waals surface area contributed by atoms with E-state index < -0.39 is 0 Å². The molecule has 0 saturated carbocycles. The predicted octanol–water partition coefficient (Wildman–Crippen LogP) is 3.50. The van der Waals surface area contributed by atoms with Crippen LogP contribution < -0.4 is 10.1 Å². The Bertz CT molecular complexity index is 1010. The summed E-state index contributed by atoms with van der Waals surface area (Å²) < 4.78 is 13.1. The molecule has 28 heavy (non-hydrogen) atoms. The number of ether oxygens (including phenoxy) is 2. The second-order valence-electron chi connectivity index (χ2n) is 6.71. The van der Waals surface area contributed by atoms with Crippen LogP contribution in [0.15, 0.2) is 30.5 Å². The van der Waals surface area contributed by atoms with Gasteiger partial charge in [0.1, 0.15) is 16.5 Å². The third kappa shape index (κ3) is 3.65. The third-order valence-corrected chi connectivity index (χ3v) is 5.90. The number of amides is 1. The molecule has 0 spiro atoms. The van der Waals surface area contributed by atoms with E-state index in [1.165, 1.54) is 11.3 Å². The first-order chi connectivity index (χ1) is 13.5. The molecule has 1 aliphatic heterocycles. The van der Waals surface area contributed by atoms with Crippen molar-refractivity contribution >= 4 is 22.9 Å². The van der Waals surface area contributed by atoms with Crippen LogP contribution in [0.5, 0.6) is 5.75 Å². The van der Waals surface area contributed by atoms with E-state index in [0.717, 1.165) is 33.3 Å². The molecule has 3 aromatic rings. The summed E-state index contributed by atoms with van der Waals surface area (Å²) in [6, 6.07) is 7.66. The van der Waals surface area contributed by atoms with Crippen LogP contribution >= 0.6 is 11.3 Å². The highest BCUT2D eigenvalue weighted by molar-refractivity contribution is 7.15. The molecule has 146 valence electrons. The number of fused-ring (bicyclic) bond motifs is 1. The zero-order chi connectivity index (χ0) is 19.7. The molecule has 4 rings (SSSR count). The van der Waals surface area contributed by atoms with E-state index in [-0.39, 0.29) is 18.4 Å². The van der Waals surface area contributed by atoms with E-state index in [1.807, 2.05) is 44.4 Å². The number of hydrogen-bond acceptors (Lipinski definition) is 6. The SMILES string of the molecule is COC1CCOc2c(NC(=O)Cc3sc(-c4ccn(C)n4)nc3C)cccc21. The van der Waals surface area contributed by atoms with Gasteiger partial charge in [0.05, 0.1) is 30.5 Å². The summed E-state index contributed by atoms with van der Waals surface area (Å²) in [6.07, 6.45) is 2.93. The summed E-state index contributed by atoms with van der Waals surface area (Å²) in [5.74, 6) is 0.597. The Balaban J connectivity index is 1.51. The smallest absolute Gasteiger partial charge is 0.229 e. The van der Waals surface area contributed by atoms with Crippen molar-refractivity contribution in [3.63, 3.8) is 0 Å². The quantitative estimate of drug-likeness (QED) is 0.712. The standard InChI is InChI=1S/C20H22N4O3S/c1-12-17(28-20(21-12)15-7-9-24(2)23-15)11-18(25)22-14-6-4-5-13-16(26-3)8-10-27-19(13)14/h4-7,9,16H,8,10-11H2,1-3H3,(H,22,25). The summed E-state index contributed by atoms with van der Waals surface area (Å²) in [5, 5.41) is 8.19. The van der Waals surface area contributed by atoms with Gasteiger partial charge in [0.2, 0.25) is 5.91 Å². The van der Waals surface area contributed by atoms with Crippen molar-refractivity contribution in [2.45, 2.75) is 25.9 Å². The Labute approximate surface area is 167 Å². The molecule has 1 aliphatic rings. The van der Waals surface area contributed by atoms with Gasteiger partial charge in [-0.15, -0.1) is 11.3 Å². The molecule has 1 amide bonds. The fraction of sp³-hybridized carbons (Fsp3) is 0.350. The summed E-state index contributed by atoms with van der Waals surface area (Å²) in [6.45, 7) is 2.49. The Morgan fingerprint density at radius 1 is 1.43 bits per heavy atom. The molecule has 8 heteroatoms. The number of hydrogen-bond donors (Lipinski definition) is 1. The Kier molecular flexibility index (Phi) is 5.15. The van der Waals surface area contributed by atoms with Crippen LogP contribution in [0.2, 0.25) is 0 Å². The molecular formula is C20H22N4O3S. The summed E-state index contributed by atoms with van der Waals surface area (Å²) in [5.41, 5.74) is 3.32. The van der Waals surface area contributed by atoms with Gasteiger partial charge in [0, 0.05) is 37.2 Å². The van der Waals surface area contributed by atoms with Crippen LogP contribution in [-0.4, -0.2) is 34.4 Å². The average molecular weight is 398 g/mol. The van der Waals surface area contributed by atoms with Gasteiger partial charge in [-0.25, -0.2) is 4.98 Å². The van der Waals surface area contributed by atoms with E-state index >= 15 is 0 Å². The largest absolute Gasteiger partial charge is 0.491 e. The van der Waals surface area contributed by atoms with Crippen molar-refractivity contribution in [3.8, 4) is 16.5 Å². The number of carbonyl (C=O) groups is 1. The van der Waals surface area contributed by atoms with Gasteiger partial charge in [-0.1, -0.05) is 12.1 Å². The number of aromatic nitrogens is 3. The van der Waals surface area contributed by atoms with Crippen molar-refractivity contribution in [3.05, 3.63) is 46.6 Å². The molecule has 1 N–H and O–H groups in total. The summed E-state index contributed by atoms with van der Waals surface area (Å²) in [7, 11) is 3.56. The molecular weight excluding hydrogens is 376 g/mol. The molecule has 0 radical (unpaired) electrons. The lowest BCUT2D eigenvalue weighted by molar-refractivity contribution is -0.115. The number of aryl methyl sites for hydroxylation is 2. The highest BCUT2D eigenvalue weighted by Crippen LogP contribution is 2.39. The van der Waals surface area contributed by atoms with Gasteiger partial charge in [-0.05, 0) is 19.1 Å². The van der Waals surface area contributed by atoms with Gasteiger partial charge in [-0.3, -0.25) is 9.48 Å². The molecule has 0 aliphatic carbocycles. The van der Waals surface area contributed by atoms with Gasteiger partial charge in [0.15, 0.2) is 0 Å². The number of methoxy groups -OCH3 is 1. The van der Waals surface area contributed by atoms with Crippen LogP contribution in [0.3, 0.4) is 0 Å². The maximum atomic E-state index is 12.7. The fourth-order valence-corrected chi connectivity index (χ4v) is 4.33. The minimum atomic E-state index is -0.101. The maximum Gasteiger partial charge on any atom is 0.229 e. The van der Waals surface area contributed by atoms with E-state index in [0.29, 0.717) is 18.0 Å². The molecule has 0 saturated heterocycles. The number of thiazole rings is 1. The van der Waals surface area contributed by atoms with Gasteiger partial charge < -0.3 is 14.8 Å². The average Bonchev–Trinajstić information content (AvgIpc) is 3.27. The molecule has 2 aromatic heterocycles. The first-order valence-corrected chi connectivity index (χ1v) is 9.91. The van der Waals surface area contributed by atoms with Crippen molar-refractivity contribution in [1.29, 1.82) is 0 Å². The Hall–Kier alpha value is -2.71. The van der Waals surface area contributed by atoms with Crippen LogP contribution in [0.4, 0.5) is 5.69 Å². The minimum Gasteiger partial charge on any atom is -0.491 e. The lowest BCUT2D eigenvalue weighted by Gasteiger charge is -2.26. The van der Waals surface area contributed by atoms with Crippen LogP contribution in [-0.2, 0) is 23.0 Å². The number of para-hydroxylation sites is 1. The van der Waals surface area contributed by atoms with Gasteiger partial charge in [0.25, 0.3) is 0 Å². The number of nitrogens with one attached hydrogen (secondary N) is 1. The number of carbonyl (C=O) groups excluding carboxylic acids is 1. The van der Waals surface area contributed by atoms with Crippen molar-refractivity contribution in [1.82, 2.24) is 14.8 Å². The Morgan fingerprint density at radius 2 is 2.29 bits per heavy atom. The number of benzene rings is 1. The first kappa shape index (κ1) is 18.6. The number of nitrogens with zero attached hydrogens (tertiary/aromatic N) is 3. The molecule has 1 aromatic carbocycles. The molecule has 7 nitrogen and oxygen atoms in total. The van der Waals surface area contributed by atoms with Crippen LogP contribution in [0.1, 0.15) is 28.7 Å². The van der Waals surface area contributed by atoms with Gasteiger partial charge in [-0.2, -0.15) is 5.10 Å². The minimum absolute atomic E-state index is 0.00901. The lowest BCUT2D eigenvalue weighted by atomic mass is 10.0. The number of anilines is 1. The van der Waals surface area contributed by atoms with Crippen LogP contribution in [0.25, 0.3) is 10.7 Å². The van der Waals surface area contributed by atoms with Crippen molar-refractivity contribution < 1.29 is 14.3 Å². The third-order valence-electron chi connectivity index (χ3n) is 4.72. The molecule has 0 fully saturated rings. The monoisotopic (exact) mass is 398 g/mol. The van der Waals surface area contributed by atoms with Crippen LogP contribution in [0, 0.1) is 6.92 Å². The van der Waals surface area contributed by atoms with E-state index in [2.05, 4.69) is 15.4 Å².